The molecule has 2 unspecified atom stereocenters. The first-order valence-corrected chi connectivity index (χ1v) is 15.5. The maximum atomic E-state index is 13.8. The summed E-state index contributed by atoms with van der Waals surface area (Å²) in [7, 11) is 1.61. The Morgan fingerprint density at radius 2 is 1.44 bits per heavy atom. The first-order chi connectivity index (χ1) is 22.9. The Labute approximate surface area is 280 Å². The fourth-order valence-corrected chi connectivity index (χ4v) is 4.96. The Balaban J connectivity index is 1.54. The molecule has 0 aromatic heterocycles. The van der Waals surface area contributed by atoms with Gasteiger partial charge in [-0.05, 0) is 92.9 Å². The Hall–Kier alpha value is -5.68. The van der Waals surface area contributed by atoms with Crippen LogP contribution >= 0.6 is 0 Å². The van der Waals surface area contributed by atoms with E-state index in [1.54, 1.807) is 93.7 Å². The van der Waals surface area contributed by atoms with Gasteiger partial charge in [0.05, 0.1) is 18.3 Å². The highest BCUT2D eigenvalue weighted by Gasteiger charge is 2.26. The minimum atomic E-state index is -0.965. The quantitative estimate of drug-likeness (QED) is 0.158. The average molecular weight is 652 g/mol. The third-order valence-electron chi connectivity index (χ3n) is 7.46. The van der Waals surface area contributed by atoms with Crippen molar-refractivity contribution in [3.05, 3.63) is 114 Å². The van der Waals surface area contributed by atoms with Gasteiger partial charge in [0.15, 0.2) is 6.10 Å². The van der Waals surface area contributed by atoms with Gasteiger partial charge in [-0.2, -0.15) is 0 Å². The summed E-state index contributed by atoms with van der Waals surface area (Å²) in [5, 5.41) is 17.9. The topological polar surface area (TPSA) is 140 Å². The lowest BCUT2D eigenvalue weighted by molar-refractivity contribution is -0.122. The number of hydrogen-bond acceptors (Lipinski definition) is 6. The van der Waals surface area contributed by atoms with E-state index in [0.717, 1.165) is 11.1 Å². The van der Waals surface area contributed by atoms with Gasteiger partial charge in [-0.1, -0.05) is 48.5 Å². The normalized spacial score (nSPS) is 11.9. The average Bonchev–Trinajstić information content (AvgIpc) is 3.06. The summed E-state index contributed by atoms with van der Waals surface area (Å²) in [5.74, 6) is -1.19. The van der Waals surface area contributed by atoms with E-state index in [1.165, 1.54) is 9.80 Å². The summed E-state index contributed by atoms with van der Waals surface area (Å²) < 4.78 is 6.08. The predicted molar refractivity (Wildman–Crippen MR) is 187 cm³/mol. The van der Waals surface area contributed by atoms with E-state index >= 15 is 0 Å². The third-order valence-corrected chi connectivity index (χ3v) is 7.46. The van der Waals surface area contributed by atoms with Crippen molar-refractivity contribution in [2.24, 2.45) is 0 Å². The number of amides is 5. The van der Waals surface area contributed by atoms with Crippen molar-refractivity contribution in [2.45, 2.75) is 39.9 Å². The second-order valence-electron chi connectivity index (χ2n) is 11.5. The molecule has 0 radical (unpaired) electrons. The van der Waals surface area contributed by atoms with E-state index in [0.29, 0.717) is 22.6 Å². The molecule has 11 nitrogen and oxygen atoms in total. The zero-order valence-electron chi connectivity index (χ0n) is 27.7. The van der Waals surface area contributed by atoms with Crippen LogP contribution < -0.4 is 30.5 Å². The summed E-state index contributed by atoms with van der Waals surface area (Å²) in [4.78, 5) is 55.8. The molecular weight excluding hydrogens is 610 g/mol. The molecule has 0 saturated carbocycles. The van der Waals surface area contributed by atoms with Gasteiger partial charge in [-0.15, -0.1) is 0 Å². The van der Waals surface area contributed by atoms with Crippen molar-refractivity contribution in [2.75, 3.05) is 40.6 Å². The maximum Gasteiger partial charge on any atom is 0.319 e. The Morgan fingerprint density at radius 1 is 0.771 bits per heavy atom. The summed E-state index contributed by atoms with van der Waals surface area (Å²) in [6.45, 7) is 6.24. The standard InChI is InChI=1S/C37H41N5O6/c1-24-18-25(2)20-30(19-24)39-36(46)27(4)48-33-17-10-9-16-32(33)42(23-35(45)41(5)31-14-7-6-8-15-31)34(44)22-38-37(47)40-29-13-11-12-28(21-29)26(3)43/h6-21,26-27,43H,22-23H2,1-5H3,(H,39,46)(H2,38,40,47). The number of urea groups is 1. The molecule has 5 amide bonds. The molecule has 250 valence electrons. The number of ether oxygens (including phenoxy) is 1. The van der Waals surface area contributed by atoms with Crippen LogP contribution in [0.4, 0.5) is 27.5 Å². The van der Waals surface area contributed by atoms with Crippen LogP contribution in [0, 0.1) is 13.8 Å². The molecule has 4 rings (SSSR count). The van der Waals surface area contributed by atoms with E-state index in [1.807, 2.05) is 38.1 Å². The number of aliphatic hydroxyl groups excluding tert-OH is 1. The minimum absolute atomic E-state index is 0.198. The van der Waals surface area contributed by atoms with Crippen LogP contribution in [0.15, 0.2) is 97.1 Å². The molecule has 0 aliphatic rings. The van der Waals surface area contributed by atoms with Gasteiger partial charge in [0.25, 0.3) is 5.91 Å². The molecule has 2 atom stereocenters. The van der Waals surface area contributed by atoms with E-state index < -0.39 is 42.5 Å². The molecule has 0 bridgehead atoms. The smallest absolute Gasteiger partial charge is 0.319 e. The van der Waals surface area contributed by atoms with Crippen LogP contribution in [0.25, 0.3) is 0 Å². The second-order valence-corrected chi connectivity index (χ2v) is 11.5. The maximum absolute atomic E-state index is 13.8. The third kappa shape index (κ3) is 9.66. The predicted octanol–water partition coefficient (Wildman–Crippen LogP) is 5.58. The van der Waals surface area contributed by atoms with E-state index in [-0.39, 0.29) is 18.0 Å². The molecule has 0 spiro atoms. The van der Waals surface area contributed by atoms with E-state index in [4.69, 9.17) is 4.74 Å². The molecule has 48 heavy (non-hydrogen) atoms. The molecule has 4 N–H and O–H groups in total. The van der Waals surface area contributed by atoms with Crippen LogP contribution in [0.5, 0.6) is 5.75 Å². The van der Waals surface area contributed by atoms with Crippen molar-refractivity contribution >= 4 is 46.5 Å². The van der Waals surface area contributed by atoms with Crippen LogP contribution in [0.1, 0.15) is 36.6 Å². The number of rotatable bonds is 12. The monoisotopic (exact) mass is 651 g/mol. The highest BCUT2D eigenvalue weighted by Crippen LogP contribution is 2.30. The number of benzene rings is 4. The fourth-order valence-electron chi connectivity index (χ4n) is 4.96. The Kier molecular flexibility index (Phi) is 11.9. The number of carbonyl (C=O) groups is 4. The number of nitrogens with zero attached hydrogens (tertiary/aromatic N) is 2. The van der Waals surface area contributed by atoms with Crippen LogP contribution in [-0.4, -0.2) is 55.1 Å². The lowest BCUT2D eigenvalue weighted by Crippen LogP contribution is -2.46. The zero-order valence-corrected chi connectivity index (χ0v) is 27.7. The SMILES string of the molecule is Cc1cc(C)cc(NC(=O)C(C)Oc2ccccc2N(CC(=O)N(C)c2ccccc2)C(=O)CNC(=O)Nc2cccc(C(C)O)c2)c1. The van der Waals surface area contributed by atoms with Gasteiger partial charge in [-0.25, -0.2) is 4.79 Å². The molecule has 11 heteroatoms. The van der Waals surface area contributed by atoms with Gasteiger partial charge in [0.1, 0.15) is 12.3 Å². The molecule has 0 aliphatic carbocycles. The van der Waals surface area contributed by atoms with Crippen molar-refractivity contribution in [1.29, 1.82) is 0 Å². The number of carbonyl (C=O) groups excluding carboxylic acids is 4. The number of likely N-dealkylation sites (N-methyl/N-ethyl adjacent to an activating group) is 1. The summed E-state index contributed by atoms with van der Waals surface area (Å²) >= 11 is 0. The number of aliphatic hydroxyl groups is 1. The molecule has 0 saturated heterocycles. The van der Waals surface area contributed by atoms with E-state index in [9.17, 15) is 24.3 Å². The van der Waals surface area contributed by atoms with Crippen molar-refractivity contribution in [3.8, 4) is 5.75 Å². The van der Waals surface area contributed by atoms with Crippen LogP contribution in [0.3, 0.4) is 0 Å². The summed E-state index contributed by atoms with van der Waals surface area (Å²) in [6, 6.07) is 27.3. The molecule has 0 fully saturated rings. The lowest BCUT2D eigenvalue weighted by Gasteiger charge is -2.28. The largest absolute Gasteiger partial charge is 0.479 e. The summed E-state index contributed by atoms with van der Waals surface area (Å²) in [5.41, 5.74) is 4.56. The molecule has 4 aromatic carbocycles. The van der Waals surface area contributed by atoms with Gasteiger partial charge < -0.3 is 30.7 Å². The number of hydrogen-bond donors (Lipinski definition) is 4. The molecule has 0 aliphatic heterocycles. The van der Waals surface area contributed by atoms with Crippen LogP contribution in [-0.2, 0) is 14.4 Å². The fraction of sp³-hybridized carbons (Fsp3) is 0.243. The first-order valence-electron chi connectivity index (χ1n) is 15.5. The van der Waals surface area contributed by atoms with Crippen molar-refractivity contribution in [3.63, 3.8) is 0 Å². The van der Waals surface area contributed by atoms with Gasteiger partial charge in [-0.3, -0.25) is 19.3 Å². The number of nitrogens with one attached hydrogen (secondary N) is 3. The van der Waals surface area contributed by atoms with Gasteiger partial charge in [0.2, 0.25) is 11.8 Å². The molecule has 4 aromatic rings. The summed E-state index contributed by atoms with van der Waals surface area (Å²) in [6.07, 6.45) is -1.69. The number of para-hydroxylation sites is 3. The highest BCUT2D eigenvalue weighted by molar-refractivity contribution is 6.06. The minimum Gasteiger partial charge on any atom is -0.479 e. The van der Waals surface area contributed by atoms with Crippen LogP contribution in [0.2, 0.25) is 0 Å². The lowest BCUT2D eigenvalue weighted by atomic mass is 10.1. The van der Waals surface area contributed by atoms with E-state index in [2.05, 4.69) is 16.0 Å². The number of aryl methyl sites for hydroxylation is 2. The Morgan fingerprint density at radius 3 is 2.12 bits per heavy atom. The molecular formula is C37H41N5O6. The van der Waals surface area contributed by atoms with Gasteiger partial charge >= 0.3 is 6.03 Å². The van der Waals surface area contributed by atoms with Crippen molar-refractivity contribution in [1.82, 2.24) is 5.32 Å². The highest BCUT2D eigenvalue weighted by atomic mass is 16.5. The molecule has 0 heterocycles. The zero-order chi connectivity index (χ0) is 34.8. The number of anilines is 4. The van der Waals surface area contributed by atoms with Crippen molar-refractivity contribution < 1.29 is 29.0 Å². The van der Waals surface area contributed by atoms with Gasteiger partial charge in [0, 0.05) is 24.1 Å². The first kappa shape index (κ1) is 35.2. The Bertz CT molecular complexity index is 1740. The second kappa shape index (κ2) is 16.2.